The van der Waals surface area contributed by atoms with Crippen LogP contribution in [0.5, 0.6) is 0 Å². The molecule has 1 fully saturated rings. The SMILES string of the molecule is NC1CCC(N(Cc2ccccc2NC(=O)c2cccc(F)c2)C(=O)c2ccccc2)CC1. The molecule has 1 aliphatic carbocycles. The molecule has 0 aliphatic heterocycles. The van der Waals surface area contributed by atoms with Gasteiger partial charge in [0.05, 0.1) is 0 Å². The second-order valence-corrected chi connectivity index (χ2v) is 8.49. The molecule has 3 aromatic rings. The predicted molar refractivity (Wildman–Crippen MR) is 127 cm³/mol. The molecule has 0 radical (unpaired) electrons. The quantitative estimate of drug-likeness (QED) is 0.561. The van der Waals surface area contributed by atoms with Crippen LogP contribution in [-0.2, 0) is 6.54 Å². The first-order valence-electron chi connectivity index (χ1n) is 11.3. The molecule has 4 rings (SSSR count). The second kappa shape index (κ2) is 10.4. The van der Waals surface area contributed by atoms with E-state index in [4.69, 9.17) is 5.73 Å². The van der Waals surface area contributed by atoms with E-state index in [0.29, 0.717) is 17.8 Å². The van der Waals surface area contributed by atoms with Gasteiger partial charge >= 0.3 is 0 Å². The van der Waals surface area contributed by atoms with E-state index < -0.39 is 11.7 Å². The number of carbonyl (C=O) groups excluding carboxylic acids is 2. The molecule has 1 saturated carbocycles. The summed E-state index contributed by atoms with van der Waals surface area (Å²) >= 11 is 0. The molecule has 0 spiro atoms. The number of halogens is 1. The second-order valence-electron chi connectivity index (χ2n) is 8.49. The number of para-hydroxylation sites is 1. The highest BCUT2D eigenvalue weighted by Gasteiger charge is 2.29. The van der Waals surface area contributed by atoms with Gasteiger partial charge in [0, 0.05) is 35.4 Å². The lowest BCUT2D eigenvalue weighted by atomic mass is 9.90. The smallest absolute Gasteiger partial charge is 0.255 e. The van der Waals surface area contributed by atoms with Crippen molar-refractivity contribution in [2.75, 3.05) is 5.32 Å². The van der Waals surface area contributed by atoms with E-state index in [1.165, 1.54) is 18.2 Å². The minimum atomic E-state index is -0.467. The van der Waals surface area contributed by atoms with E-state index in [1.54, 1.807) is 12.1 Å². The highest BCUT2D eigenvalue weighted by molar-refractivity contribution is 6.04. The van der Waals surface area contributed by atoms with Crippen LogP contribution in [0, 0.1) is 5.82 Å². The maximum Gasteiger partial charge on any atom is 0.255 e. The standard InChI is InChI=1S/C27H28FN3O2/c28-22-11-6-10-20(17-22)26(32)30-25-12-5-4-9-21(25)18-31(24-15-13-23(29)14-16-24)27(33)19-7-2-1-3-8-19/h1-12,17,23-24H,13-16,18,29H2,(H,30,32). The molecule has 170 valence electrons. The Morgan fingerprint density at radius 2 is 1.55 bits per heavy atom. The number of nitrogens with zero attached hydrogens (tertiary/aromatic N) is 1. The molecule has 6 heteroatoms. The molecule has 3 aromatic carbocycles. The molecule has 0 heterocycles. The molecule has 2 amide bonds. The monoisotopic (exact) mass is 445 g/mol. The Kier molecular flexibility index (Phi) is 7.15. The Balaban J connectivity index is 1.59. The van der Waals surface area contributed by atoms with Gasteiger partial charge in [0.2, 0.25) is 0 Å². The van der Waals surface area contributed by atoms with E-state index in [2.05, 4.69) is 5.32 Å². The Labute approximate surface area is 193 Å². The molecule has 0 aromatic heterocycles. The summed E-state index contributed by atoms with van der Waals surface area (Å²) in [5.41, 5.74) is 8.40. The average molecular weight is 446 g/mol. The Hall–Kier alpha value is -3.51. The van der Waals surface area contributed by atoms with Crippen LogP contribution in [0.1, 0.15) is 52.0 Å². The number of nitrogens with two attached hydrogens (primary N) is 1. The van der Waals surface area contributed by atoms with Crippen molar-refractivity contribution >= 4 is 17.5 Å². The summed E-state index contributed by atoms with van der Waals surface area (Å²) in [4.78, 5) is 28.1. The first kappa shape index (κ1) is 22.7. The first-order valence-corrected chi connectivity index (χ1v) is 11.3. The van der Waals surface area contributed by atoms with E-state index in [1.807, 2.05) is 53.4 Å². The summed E-state index contributed by atoms with van der Waals surface area (Å²) in [6, 6.07) is 22.5. The van der Waals surface area contributed by atoms with Crippen molar-refractivity contribution in [1.82, 2.24) is 4.90 Å². The van der Waals surface area contributed by atoms with Crippen molar-refractivity contribution in [2.24, 2.45) is 5.73 Å². The van der Waals surface area contributed by atoms with Crippen LogP contribution in [0.3, 0.4) is 0 Å². The number of benzene rings is 3. The third-order valence-electron chi connectivity index (χ3n) is 6.16. The number of hydrogen-bond donors (Lipinski definition) is 2. The lowest BCUT2D eigenvalue weighted by molar-refractivity contribution is 0.0607. The fourth-order valence-electron chi connectivity index (χ4n) is 4.31. The van der Waals surface area contributed by atoms with Crippen molar-refractivity contribution in [3.63, 3.8) is 0 Å². The molecule has 33 heavy (non-hydrogen) atoms. The van der Waals surface area contributed by atoms with Gasteiger partial charge in [0.15, 0.2) is 0 Å². The van der Waals surface area contributed by atoms with Gasteiger partial charge in [-0.2, -0.15) is 0 Å². The molecule has 0 unspecified atom stereocenters. The number of anilines is 1. The normalized spacial score (nSPS) is 17.9. The zero-order chi connectivity index (χ0) is 23.2. The van der Waals surface area contributed by atoms with Gasteiger partial charge in [0.1, 0.15) is 5.82 Å². The molecule has 0 bridgehead atoms. The van der Waals surface area contributed by atoms with Gasteiger partial charge in [-0.05, 0) is 67.6 Å². The number of carbonyl (C=O) groups is 2. The molecular weight excluding hydrogens is 417 g/mol. The number of amides is 2. The fourth-order valence-corrected chi connectivity index (χ4v) is 4.31. The largest absolute Gasteiger partial charge is 0.331 e. The van der Waals surface area contributed by atoms with Crippen LogP contribution in [0.2, 0.25) is 0 Å². The summed E-state index contributed by atoms with van der Waals surface area (Å²) < 4.78 is 13.6. The van der Waals surface area contributed by atoms with Crippen LogP contribution in [-0.4, -0.2) is 28.8 Å². The molecular formula is C27H28FN3O2. The summed E-state index contributed by atoms with van der Waals surface area (Å²) in [5.74, 6) is -0.903. The zero-order valence-corrected chi connectivity index (χ0v) is 18.4. The third-order valence-corrected chi connectivity index (χ3v) is 6.16. The van der Waals surface area contributed by atoms with E-state index in [0.717, 1.165) is 31.2 Å². The summed E-state index contributed by atoms with van der Waals surface area (Å²) in [5, 5.41) is 2.88. The number of hydrogen-bond acceptors (Lipinski definition) is 3. The minimum Gasteiger partial charge on any atom is -0.331 e. The van der Waals surface area contributed by atoms with Crippen molar-refractivity contribution in [3.8, 4) is 0 Å². The van der Waals surface area contributed by atoms with Crippen LogP contribution >= 0.6 is 0 Å². The van der Waals surface area contributed by atoms with Crippen molar-refractivity contribution in [1.29, 1.82) is 0 Å². The first-order chi connectivity index (χ1) is 16.0. The molecule has 3 N–H and O–H groups in total. The molecule has 0 saturated heterocycles. The number of nitrogens with one attached hydrogen (secondary N) is 1. The van der Waals surface area contributed by atoms with Gasteiger partial charge in [0.25, 0.3) is 11.8 Å². The lowest BCUT2D eigenvalue weighted by Gasteiger charge is -2.36. The summed E-state index contributed by atoms with van der Waals surface area (Å²) in [7, 11) is 0. The fraction of sp³-hybridized carbons (Fsp3) is 0.259. The van der Waals surface area contributed by atoms with E-state index in [-0.39, 0.29) is 23.6 Å². The lowest BCUT2D eigenvalue weighted by Crippen LogP contribution is -2.44. The van der Waals surface area contributed by atoms with E-state index in [9.17, 15) is 14.0 Å². The van der Waals surface area contributed by atoms with Crippen LogP contribution < -0.4 is 11.1 Å². The van der Waals surface area contributed by atoms with Crippen LogP contribution in [0.15, 0.2) is 78.9 Å². The highest BCUT2D eigenvalue weighted by Crippen LogP contribution is 2.27. The maximum atomic E-state index is 13.6. The van der Waals surface area contributed by atoms with Crippen LogP contribution in [0.4, 0.5) is 10.1 Å². The van der Waals surface area contributed by atoms with Crippen molar-refractivity contribution < 1.29 is 14.0 Å². The molecule has 0 atom stereocenters. The number of rotatable bonds is 6. The molecule has 5 nitrogen and oxygen atoms in total. The van der Waals surface area contributed by atoms with Gasteiger partial charge in [-0.25, -0.2) is 4.39 Å². The Bertz CT molecular complexity index is 1110. The van der Waals surface area contributed by atoms with Gasteiger partial charge in [-0.3, -0.25) is 9.59 Å². The van der Waals surface area contributed by atoms with Crippen molar-refractivity contribution in [3.05, 3.63) is 101 Å². The van der Waals surface area contributed by atoms with Crippen molar-refractivity contribution in [2.45, 2.75) is 44.3 Å². The van der Waals surface area contributed by atoms with Crippen LogP contribution in [0.25, 0.3) is 0 Å². The minimum absolute atomic E-state index is 0.0395. The topological polar surface area (TPSA) is 75.4 Å². The highest BCUT2D eigenvalue weighted by atomic mass is 19.1. The van der Waals surface area contributed by atoms with Gasteiger partial charge < -0.3 is 16.0 Å². The third kappa shape index (κ3) is 5.65. The van der Waals surface area contributed by atoms with Gasteiger partial charge in [-0.15, -0.1) is 0 Å². The average Bonchev–Trinajstić information content (AvgIpc) is 2.84. The maximum absolute atomic E-state index is 13.6. The Morgan fingerprint density at radius 1 is 0.879 bits per heavy atom. The van der Waals surface area contributed by atoms with Gasteiger partial charge in [-0.1, -0.05) is 42.5 Å². The summed E-state index contributed by atoms with van der Waals surface area (Å²) in [6.45, 7) is 0.354. The summed E-state index contributed by atoms with van der Waals surface area (Å²) in [6.07, 6.45) is 3.44. The van der Waals surface area contributed by atoms with E-state index >= 15 is 0 Å². The Morgan fingerprint density at radius 3 is 2.27 bits per heavy atom. The zero-order valence-electron chi connectivity index (χ0n) is 18.4. The molecule has 1 aliphatic rings. The predicted octanol–water partition coefficient (Wildman–Crippen LogP) is 4.99.